The Labute approximate surface area is 179 Å². The molecule has 0 atom stereocenters. The van der Waals surface area contributed by atoms with Gasteiger partial charge in [0.05, 0.1) is 5.56 Å². The zero-order valence-electron chi connectivity index (χ0n) is 15.7. The summed E-state index contributed by atoms with van der Waals surface area (Å²) in [6.07, 6.45) is -0.619. The van der Waals surface area contributed by atoms with E-state index in [0.717, 1.165) is 30.3 Å². The van der Waals surface area contributed by atoms with Crippen LogP contribution >= 0.6 is 15.9 Å². The molecule has 0 saturated heterocycles. The number of aromatic nitrogens is 1. The van der Waals surface area contributed by atoms with Gasteiger partial charge < -0.3 is 10.6 Å². The van der Waals surface area contributed by atoms with Gasteiger partial charge in [-0.1, -0.05) is 12.1 Å². The number of alkyl halides is 3. The summed E-state index contributed by atoms with van der Waals surface area (Å²) in [6.45, 7) is 0.804. The van der Waals surface area contributed by atoms with Crippen molar-refractivity contribution in [2.75, 3.05) is 17.2 Å². The van der Waals surface area contributed by atoms with Crippen molar-refractivity contribution in [3.05, 3.63) is 87.1 Å². The van der Waals surface area contributed by atoms with E-state index in [-0.39, 0.29) is 17.7 Å². The third kappa shape index (κ3) is 4.33. The Morgan fingerprint density at radius 2 is 2.00 bits per heavy atom. The number of benzene rings is 2. The highest BCUT2D eigenvalue weighted by Gasteiger charge is 2.34. The van der Waals surface area contributed by atoms with Crippen molar-refractivity contribution in [1.29, 1.82) is 0 Å². The minimum absolute atomic E-state index is 0.00228. The third-order valence-corrected chi connectivity index (χ3v) is 5.39. The normalized spacial score (nSPS) is 12.9. The van der Waals surface area contributed by atoms with Crippen molar-refractivity contribution in [1.82, 2.24) is 4.98 Å². The summed E-state index contributed by atoms with van der Waals surface area (Å²) in [5.41, 5.74) is 2.33. The molecule has 4 nitrogen and oxygen atoms in total. The maximum Gasteiger partial charge on any atom is 0.416 e. The Bertz CT molecular complexity index is 1120. The molecule has 2 N–H and O–H groups in total. The number of rotatable bonds is 4. The molecule has 0 spiro atoms. The minimum atomic E-state index is -4.55. The number of fused-ring (bicyclic) bond motifs is 1. The van der Waals surface area contributed by atoms with E-state index in [1.807, 2.05) is 6.07 Å². The summed E-state index contributed by atoms with van der Waals surface area (Å²) < 4.78 is 41.7. The Hall–Kier alpha value is -2.87. The second-order valence-corrected chi connectivity index (χ2v) is 7.94. The summed E-state index contributed by atoms with van der Waals surface area (Å²) in [5.74, 6) is -0.459. The summed E-state index contributed by atoms with van der Waals surface area (Å²) in [7, 11) is 0. The highest BCUT2D eigenvalue weighted by molar-refractivity contribution is 9.10. The van der Waals surface area contributed by atoms with Crippen molar-refractivity contribution >= 4 is 33.2 Å². The van der Waals surface area contributed by atoms with Crippen LogP contribution in [0.15, 0.2) is 59.3 Å². The molecule has 1 aliphatic rings. The van der Waals surface area contributed by atoms with Gasteiger partial charge in [0, 0.05) is 46.8 Å². The van der Waals surface area contributed by atoms with Gasteiger partial charge in [0.25, 0.3) is 5.91 Å². The monoisotopic (exact) mass is 475 g/mol. The summed E-state index contributed by atoms with van der Waals surface area (Å²) in [6, 6.07) is 10.8. The third-order valence-electron chi connectivity index (χ3n) is 4.95. The highest BCUT2D eigenvalue weighted by Crippen LogP contribution is 2.36. The first-order valence-corrected chi connectivity index (χ1v) is 10.1. The molecule has 0 bridgehead atoms. The van der Waals surface area contributed by atoms with Crippen molar-refractivity contribution in [3.8, 4) is 0 Å². The van der Waals surface area contributed by atoms with Gasteiger partial charge in [-0.25, -0.2) is 0 Å². The van der Waals surface area contributed by atoms with Gasteiger partial charge in [0.2, 0.25) is 0 Å². The van der Waals surface area contributed by atoms with Crippen molar-refractivity contribution in [3.63, 3.8) is 0 Å². The first-order chi connectivity index (χ1) is 14.3. The van der Waals surface area contributed by atoms with Crippen molar-refractivity contribution < 1.29 is 18.0 Å². The highest BCUT2D eigenvalue weighted by atomic mass is 79.9. The van der Waals surface area contributed by atoms with Crippen molar-refractivity contribution in [2.24, 2.45) is 0 Å². The van der Waals surface area contributed by atoms with Gasteiger partial charge in [-0.2, -0.15) is 13.2 Å². The zero-order chi connectivity index (χ0) is 21.3. The number of carbonyl (C=O) groups is 1. The Balaban J connectivity index is 1.69. The molecule has 0 radical (unpaired) electrons. The van der Waals surface area contributed by atoms with Gasteiger partial charge in [-0.05, 0) is 69.4 Å². The summed E-state index contributed by atoms with van der Waals surface area (Å²) in [4.78, 5) is 16.8. The molecular weight excluding hydrogens is 459 g/mol. The molecule has 0 aliphatic carbocycles. The van der Waals surface area contributed by atoms with Crippen molar-refractivity contribution in [2.45, 2.75) is 19.0 Å². The number of carbonyl (C=O) groups excluding carboxylic acids is 1. The van der Waals surface area contributed by atoms with Gasteiger partial charge in [-0.3, -0.25) is 9.78 Å². The molecule has 2 heterocycles. The number of anilines is 2. The molecule has 0 unspecified atom stereocenters. The first-order valence-electron chi connectivity index (χ1n) is 9.28. The lowest BCUT2D eigenvalue weighted by atomic mass is 9.98. The smallest absolute Gasteiger partial charge is 0.384 e. The van der Waals surface area contributed by atoms with Crippen LogP contribution in [-0.4, -0.2) is 17.4 Å². The van der Waals surface area contributed by atoms with Gasteiger partial charge in [-0.15, -0.1) is 0 Å². The number of nitrogens with one attached hydrogen (secondary N) is 2. The molecule has 1 aromatic heterocycles. The largest absolute Gasteiger partial charge is 0.416 e. The molecule has 154 valence electrons. The minimum Gasteiger partial charge on any atom is -0.384 e. The topological polar surface area (TPSA) is 54.0 Å². The molecule has 8 heteroatoms. The summed E-state index contributed by atoms with van der Waals surface area (Å²) >= 11 is 3.29. The fourth-order valence-corrected chi connectivity index (χ4v) is 3.96. The SMILES string of the molecule is O=C(Nc1cccc(C(F)(F)F)c1Cc1cncc(Br)c1)c1ccc2c(c1)NCC2. The van der Waals surface area contributed by atoms with Crippen LogP contribution < -0.4 is 10.6 Å². The lowest BCUT2D eigenvalue weighted by molar-refractivity contribution is -0.138. The van der Waals surface area contributed by atoms with E-state index in [1.165, 1.54) is 18.3 Å². The van der Waals surface area contributed by atoms with E-state index in [9.17, 15) is 18.0 Å². The Kier molecular flexibility index (Phi) is 5.51. The number of halogens is 4. The lowest BCUT2D eigenvalue weighted by Gasteiger charge is -2.18. The van der Waals surface area contributed by atoms with Gasteiger partial charge >= 0.3 is 6.18 Å². The number of pyridine rings is 1. The average Bonchev–Trinajstić information content (AvgIpc) is 3.16. The van der Waals surface area contributed by atoms with E-state index in [2.05, 4.69) is 31.5 Å². The Morgan fingerprint density at radius 1 is 1.17 bits per heavy atom. The summed E-state index contributed by atoms with van der Waals surface area (Å²) in [5, 5.41) is 5.86. The van der Waals surface area contributed by atoms with Gasteiger partial charge in [0.15, 0.2) is 0 Å². The maximum atomic E-state index is 13.7. The van der Waals surface area contributed by atoms with E-state index in [1.54, 1.807) is 24.4 Å². The fourth-order valence-electron chi connectivity index (χ4n) is 3.54. The van der Waals surface area contributed by atoms with Crippen LogP contribution in [0.2, 0.25) is 0 Å². The molecular formula is C22H17BrF3N3O. The van der Waals surface area contributed by atoms with Crippen LogP contribution in [0.3, 0.4) is 0 Å². The first kappa shape index (κ1) is 20.4. The van der Waals surface area contributed by atoms with Crippen LogP contribution in [0, 0.1) is 0 Å². The quantitative estimate of drug-likeness (QED) is 0.510. The van der Waals surface area contributed by atoms with Gasteiger partial charge in [0.1, 0.15) is 0 Å². The van der Waals surface area contributed by atoms with Crippen LogP contribution in [0.4, 0.5) is 24.5 Å². The maximum absolute atomic E-state index is 13.7. The van der Waals surface area contributed by atoms with Crippen LogP contribution in [0.1, 0.15) is 32.6 Å². The van der Waals surface area contributed by atoms with E-state index >= 15 is 0 Å². The molecule has 0 fully saturated rings. The second kappa shape index (κ2) is 8.10. The number of hydrogen-bond donors (Lipinski definition) is 2. The van der Waals surface area contributed by atoms with E-state index in [4.69, 9.17) is 0 Å². The molecule has 30 heavy (non-hydrogen) atoms. The van der Waals surface area contributed by atoms with Crippen LogP contribution in [-0.2, 0) is 19.0 Å². The zero-order valence-corrected chi connectivity index (χ0v) is 17.3. The Morgan fingerprint density at radius 3 is 2.77 bits per heavy atom. The molecule has 3 aromatic rings. The predicted octanol–water partition coefficient (Wildman–Crippen LogP) is 5.67. The molecule has 2 aromatic carbocycles. The fraction of sp³-hybridized carbons (Fsp3) is 0.182. The van der Waals surface area contributed by atoms with E-state index < -0.39 is 17.6 Å². The number of nitrogens with zero attached hydrogens (tertiary/aromatic N) is 1. The molecule has 0 saturated carbocycles. The van der Waals surface area contributed by atoms with Crippen LogP contribution in [0.25, 0.3) is 0 Å². The second-order valence-electron chi connectivity index (χ2n) is 7.02. The average molecular weight is 476 g/mol. The predicted molar refractivity (Wildman–Crippen MR) is 113 cm³/mol. The number of hydrogen-bond acceptors (Lipinski definition) is 3. The lowest BCUT2D eigenvalue weighted by Crippen LogP contribution is -2.17. The van der Waals surface area contributed by atoms with E-state index in [0.29, 0.717) is 15.6 Å². The molecule has 1 aliphatic heterocycles. The molecule has 4 rings (SSSR count). The standard InChI is InChI=1S/C22H17BrF3N3O/c23-16-8-13(11-27-12-16)9-17-18(22(24,25)26)2-1-3-19(17)29-21(30)15-5-4-14-6-7-28-20(14)10-15/h1-5,8,10-12,28H,6-7,9H2,(H,29,30). The number of amides is 1. The molecule has 1 amide bonds. The van der Waals surface area contributed by atoms with Crippen LogP contribution in [0.5, 0.6) is 0 Å².